The number of rotatable bonds is 5. The van der Waals surface area contributed by atoms with Crippen molar-refractivity contribution in [3.63, 3.8) is 0 Å². The Balaban J connectivity index is 2.03. The van der Waals surface area contributed by atoms with Gasteiger partial charge in [-0.25, -0.2) is 4.99 Å². The Bertz CT molecular complexity index is 455. The predicted octanol–water partition coefficient (Wildman–Crippen LogP) is 4.21. The van der Waals surface area contributed by atoms with Crippen molar-refractivity contribution in [3.8, 4) is 0 Å². The quantitative estimate of drug-likeness (QED) is 0.625. The molecule has 1 aliphatic rings. The van der Waals surface area contributed by atoms with Gasteiger partial charge >= 0.3 is 0 Å². The lowest BCUT2D eigenvalue weighted by atomic mass is 10.1. The first-order valence-electron chi connectivity index (χ1n) is 7.09. The standard InChI is InChI=1S/C15H23N3S/c1-4-5-6-7-12-8-9-13-14(10-12)19-18-15(17-13)16-11(2)3/h8-11H,4-7H2,1-3H3,(H2,16,17,18). The number of aryl methyl sites for hydroxylation is 1. The number of aliphatic imine (C=N–C) groups is 1. The van der Waals surface area contributed by atoms with E-state index < -0.39 is 0 Å². The molecule has 0 amide bonds. The maximum absolute atomic E-state index is 4.49. The first-order chi connectivity index (χ1) is 9.19. The van der Waals surface area contributed by atoms with Gasteiger partial charge in [-0.1, -0.05) is 25.8 Å². The summed E-state index contributed by atoms with van der Waals surface area (Å²) in [5.74, 6) is 0.853. The number of hydrogen-bond donors (Lipinski definition) is 2. The second-order valence-corrected chi connectivity index (χ2v) is 6.04. The topological polar surface area (TPSA) is 36.4 Å². The van der Waals surface area contributed by atoms with E-state index in [1.807, 2.05) is 0 Å². The molecule has 104 valence electrons. The molecule has 2 N–H and O–H groups in total. The molecule has 0 spiro atoms. The van der Waals surface area contributed by atoms with Crippen LogP contribution in [0.1, 0.15) is 45.6 Å². The van der Waals surface area contributed by atoms with E-state index in [2.05, 4.69) is 54.0 Å². The highest BCUT2D eigenvalue weighted by Gasteiger charge is 2.14. The number of unbranched alkanes of at least 4 members (excludes halogenated alkanes) is 2. The molecule has 4 heteroatoms. The fourth-order valence-electron chi connectivity index (χ4n) is 2.06. The molecule has 0 bridgehead atoms. The lowest BCUT2D eigenvalue weighted by molar-refractivity contribution is 0.717. The highest BCUT2D eigenvalue weighted by Crippen LogP contribution is 2.30. The van der Waals surface area contributed by atoms with E-state index in [9.17, 15) is 0 Å². The van der Waals surface area contributed by atoms with Gasteiger partial charge in [0.05, 0.1) is 10.6 Å². The van der Waals surface area contributed by atoms with E-state index >= 15 is 0 Å². The Kier molecular flexibility index (Phi) is 5.14. The molecule has 19 heavy (non-hydrogen) atoms. The largest absolute Gasteiger partial charge is 0.325 e. The van der Waals surface area contributed by atoms with Crippen LogP contribution >= 0.6 is 11.9 Å². The smallest absolute Gasteiger partial charge is 0.206 e. The number of nitrogens with zero attached hydrogens (tertiary/aromatic N) is 1. The van der Waals surface area contributed by atoms with Gasteiger partial charge in [0.25, 0.3) is 0 Å². The van der Waals surface area contributed by atoms with Crippen LogP contribution in [0.4, 0.5) is 5.69 Å². The molecule has 1 aliphatic heterocycles. The van der Waals surface area contributed by atoms with Gasteiger partial charge in [0.1, 0.15) is 0 Å². The van der Waals surface area contributed by atoms with Crippen LogP contribution in [-0.2, 0) is 6.42 Å². The third-order valence-corrected chi connectivity index (χ3v) is 3.87. The maximum atomic E-state index is 4.49. The zero-order valence-electron chi connectivity index (χ0n) is 12.0. The van der Waals surface area contributed by atoms with Gasteiger partial charge in [0.2, 0.25) is 5.96 Å². The van der Waals surface area contributed by atoms with Gasteiger partial charge in [-0.2, -0.15) is 0 Å². The Hall–Kier alpha value is -1.16. The minimum absolute atomic E-state index is 0.297. The SMILES string of the molecule is CCCCCc1ccc2c(c1)SNC(=NC(C)C)N2. The minimum atomic E-state index is 0.297. The van der Waals surface area contributed by atoms with Crippen molar-refractivity contribution in [1.29, 1.82) is 0 Å². The number of anilines is 1. The average molecular weight is 277 g/mol. The lowest BCUT2D eigenvalue weighted by Crippen LogP contribution is -2.30. The van der Waals surface area contributed by atoms with Gasteiger partial charge in [-0.15, -0.1) is 0 Å². The van der Waals surface area contributed by atoms with E-state index in [1.54, 1.807) is 11.9 Å². The minimum Gasteiger partial charge on any atom is -0.325 e. The highest BCUT2D eigenvalue weighted by molar-refractivity contribution is 7.98. The van der Waals surface area contributed by atoms with Crippen molar-refractivity contribution in [3.05, 3.63) is 23.8 Å². The molecule has 0 radical (unpaired) electrons. The monoisotopic (exact) mass is 277 g/mol. The number of nitrogens with one attached hydrogen (secondary N) is 2. The van der Waals surface area contributed by atoms with E-state index in [1.165, 1.54) is 36.1 Å². The molecule has 0 saturated carbocycles. The highest BCUT2D eigenvalue weighted by atomic mass is 32.2. The zero-order chi connectivity index (χ0) is 13.7. The van der Waals surface area contributed by atoms with Crippen LogP contribution in [0.2, 0.25) is 0 Å². The Morgan fingerprint density at radius 1 is 1.26 bits per heavy atom. The van der Waals surface area contributed by atoms with Crippen LogP contribution in [0.5, 0.6) is 0 Å². The molecular formula is C15H23N3S. The molecule has 1 aromatic carbocycles. The van der Waals surface area contributed by atoms with Crippen molar-refractivity contribution in [2.75, 3.05) is 5.32 Å². The van der Waals surface area contributed by atoms with Crippen molar-refractivity contribution in [1.82, 2.24) is 4.72 Å². The van der Waals surface area contributed by atoms with Crippen molar-refractivity contribution >= 4 is 23.6 Å². The molecule has 3 nitrogen and oxygen atoms in total. The molecule has 0 saturated heterocycles. The van der Waals surface area contributed by atoms with Crippen LogP contribution in [-0.4, -0.2) is 12.0 Å². The predicted molar refractivity (Wildman–Crippen MR) is 84.9 cm³/mol. The molecular weight excluding hydrogens is 254 g/mol. The maximum Gasteiger partial charge on any atom is 0.206 e. The first-order valence-corrected chi connectivity index (χ1v) is 7.91. The summed E-state index contributed by atoms with van der Waals surface area (Å²) in [5, 5.41) is 3.34. The molecule has 0 atom stereocenters. The summed E-state index contributed by atoms with van der Waals surface area (Å²) in [6, 6.07) is 6.97. The van der Waals surface area contributed by atoms with E-state index in [0.29, 0.717) is 6.04 Å². The van der Waals surface area contributed by atoms with Crippen molar-refractivity contribution in [2.45, 2.75) is 57.4 Å². The van der Waals surface area contributed by atoms with E-state index in [-0.39, 0.29) is 0 Å². The molecule has 0 aliphatic carbocycles. The summed E-state index contributed by atoms with van der Waals surface area (Å²) in [5.41, 5.74) is 2.58. The third-order valence-electron chi connectivity index (χ3n) is 3.01. The Labute approximate surface area is 120 Å². The number of fused-ring (bicyclic) bond motifs is 1. The van der Waals surface area contributed by atoms with Crippen molar-refractivity contribution < 1.29 is 0 Å². The summed E-state index contributed by atoms with van der Waals surface area (Å²) in [6.07, 6.45) is 5.04. The van der Waals surface area contributed by atoms with Crippen LogP contribution in [0, 0.1) is 0 Å². The number of benzene rings is 1. The molecule has 0 unspecified atom stereocenters. The first kappa shape index (κ1) is 14.3. The lowest BCUT2D eigenvalue weighted by Gasteiger charge is -2.21. The summed E-state index contributed by atoms with van der Waals surface area (Å²) in [7, 11) is 0. The van der Waals surface area contributed by atoms with Gasteiger partial charge in [-0.3, -0.25) is 4.72 Å². The normalized spacial score (nSPS) is 16.1. The fourth-order valence-corrected chi connectivity index (χ4v) is 2.81. The van der Waals surface area contributed by atoms with E-state index in [4.69, 9.17) is 0 Å². The zero-order valence-corrected chi connectivity index (χ0v) is 12.8. The van der Waals surface area contributed by atoms with Crippen LogP contribution in [0.3, 0.4) is 0 Å². The van der Waals surface area contributed by atoms with Crippen LogP contribution in [0.25, 0.3) is 0 Å². The van der Waals surface area contributed by atoms with E-state index in [0.717, 1.165) is 11.6 Å². The Morgan fingerprint density at radius 2 is 2.11 bits per heavy atom. The molecule has 1 heterocycles. The third kappa shape index (κ3) is 4.16. The van der Waals surface area contributed by atoms with Gasteiger partial charge in [0.15, 0.2) is 0 Å². The number of guanidine groups is 1. The fraction of sp³-hybridized carbons (Fsp3) is 0.533. The number of hydrogen-bond acceptors (Lipinski definition) is 2. The van der Waals surface area contributed by atoms with Crippen LogP contribution < -0.4 is 10.0 Å². The molecule has 0 fully saturated rings. The average Bonchev–Trinajstić information content (AvgIpc) is 2.38. The summed E-state index contributed by atoms with van der Waals surface area (Å²) < 4.78 is 3.26. The summed E-state index contributed by atoms with van der Waals surface area (Å²) >= 11 is 1.65. The van der Waals surface area contributed by atoms with Gasteiger partial charge < -0.3 is 5.32 Å². The summed E-state index contributed by atoms with van der Waals surface area (Å²) in [6.45, 7) is 6.40. The Morgan fingerprint density at radius 3 is 2.84 bits per heavy atom. The molecule has 0 aromatic heterocycles. The second-order valence-electron chi connectivity index (χ2n) is 5.19. The van der Waals surface area contributed by atoms with Gasteiger partial charge in [-0.05, 0) is 56.3 Å². The molecule has 1 aromatic rings. The molecule has 2 rings (SSSR count). The van der Waals surface area contributed by atoms with Gasteiger partial charge in [0, 0.05) is 6.04 Å². The summed E-state index contributed by atoms with van der Waals surface area (Å²) in [4.78, 5) is 5.75. The van der Waals surface area contributed by atoms with Crippen LogP contribution in [0.15, 0.2) is 28.1 Å². The second kappa shape index (κ2) is 6.85. The van der Waals surface area contributed by atoms with Crippen molar-refractivity contribution in [2.24, 2.45) is 4.99 Å².